The van der Waals surface area contributed by atoms with Gasteiger partial charge in [0.05, 0.1) is 6.42 Å². The first-order chi connectivity index (χ1) is 11.0. The van der Waals surface area contributed by atoms with E-state index < -0.39 is 0 Å². The van der Waals surface area contributed by atoms with E-state index in [1.54, 1.807) is 24.3 Å². The summed E-state index contributed by atoms with van der Waals surface area (Å²) >= 11 is 0. The number of fused-ring (bicyclic) bond motifs is 1. The Kier molecular flexibility index (Phi) is 3.98. The number of ketones is 1. The number of aryl methyl sites for hydroxylation is 1. The van der Waals surface area contributed by atoms with Crippen LogP contribution in [0.15, 0.2) is 48.7 Å². The molecule has 0 aliphatic carbocycles. The maximum Gasteiger partial charge on any atom is 0.228 e. The molecule has 3 rings (SSSR count). The molecule has 0 aliphatic rings. The molecule has 0 bridgehead atoms. The molecule has 4 heteroatoms. The molecular formula is C19H18N2O2. The summed E-state index contributed by atoms with van der Waals surface area (Å²) in [5.74, 6) is -0.122. The number of aromatic amines is 1. The van der Waals surface area contributed by atoms with E-state index in [-0.39, 0.29) is 18.1 Å². The second-order valence-corrected chi connectivity index (χ2v) is 5.67. The van der Waals surface area contributed by atoms with E-state index in [9.17, 15) is 9.59 Å². The first kappa shape index (κ1) is 15.0. The quantitative estimate of drug-likeness (QED) is 0.719. The molecule has 116 valence electrons. The second kappa shape index (κ2) is 6.08. The Labute approximate surface area is 134 Å². The fourth-order valence-electron chi connectivity index (χ4n) is 2.78. The van der Waals surface area contributed by atoms with Crippen LogP contribution in [0.1, 0.15) is 28.4 Å². The Balaban J connectivity index is 1.79. The lowest BCUT2D eigenvalue weighted by molar-refractivity contribution is -0.115. The van der Waals surface area contributed by atoms with Crippen LogP contribution >= 0.6 is 0 Å². The summed E-state index contributed by atoms with van der Waals surface area (Å²) in [6.45, 7) is 3.55. The van der Waals surface area contributed by atoms with E-state index in [4.69, 9.17) is 0 Å². The van der Waals surface area contributed by atoms with E-state index in [1.165, 1.54) is 6.92 Å². The van der Waals surface area contributed by atoms with Gasteiger partial charge in [0.25, 0.3) is 0 Å². The standard InChI is InChI=1S/C19H18N2O2/c1-12-5-3-8-17-19(12)15(11-20-17)10-18(23)21-16-7-4-6-14(9-16)13(2)22/h3-9,11,20H,10H2,1-2H3,(H,21,23). The molecule has 0 atom stereocenters. The number of Topliss-reactive ketones (excluding diaryl/α,β-unsaturated/α-hetero) is 1. The molecule has 1 amide bonds. The van der Waals surface area contributed by atoms with Gasteiger partial charge in [-0.3, -0.25) is 9.59 Å². The number of amides is 1. The fraction of sp³-hybridized carbons (Fsp3) is 0.158. The summed E-state index contributed by atoms with van der Waals surface area (Å²) in [6, 6.07) is 13.0. The van der Waals surface area contributed by atoms with E-state index in [1.807, 2.05) is 31.3 Å². The van der Waals surface area contributed by atoms with Crippen LogP contribution in [-0.4, -0.2) is 16.7 Å². The third-order valence-corrected chi connectivity index (χ3v) is 3.90. The van der Waals surface area contributed by atoms with Crippen molar-refractivity contribution in [3.05, 3.63) is 65.4 Å². The highest BCUT2D eigenvalue weighted by Gasteiger charge is 2.11. The van der Waals surface area contributed by atoms with Crippen LogP contribution in [0.2, 0.25) is 0 Å². The van der Waals surface area contributed by atoms with E-state index in [0.29, 0.717) is 11.3 Å². The number of nitrogens with one attached hydrogen (secondary N) is 2. The van der Waals surface area contributed by atoms with Crippen molar-refractivity contribution in [1.82, 2.24) is 4.98 Å². The van der Waals surface area contributed by atoms with Crippen LogP contribution < -0.4 is 5.32 Å². The number of rotatable bonds is 4. The van der Waals surface area contributed by atoms with Crippen molar-refractivity contribution in [2.75, 3.05) is 5.32 Å². The SMILES string of the molecule is CC(=O)c1cccc(NC(=O)Cc2c[nH]c3cccc(C)c23)c1. The van der Waals surface area contributed by atoms with Crippen molar-refractivity contribution >= 4 is 28.3 Å². The van der Waals surface area contributed by atoms with E-state index in [0.717, 1.165) is 22.0 Å². The van der Waals surface area contributed by atoms with E-state index >= 15 is 0 Å². The molecule has 0 saturated carbocycles. The molecule has 1 heterocycles. The van der Waals surface area contributed by atoms with Crippen molar-refractivity contribution in [3.63, 3.8) is 0 Å². The lowest BCUT2D eigenvalue weighted by Crippen LogP contribution is -2.14. The number of H-pyrrole nitrogens is 1. The summed E-state index contributed by atoms with van der Waals surface area (Å²) in [7, 11) is 0. The van der Waals surface area contributed by atoms with Gasteiger partial charge in [0.2, 0.25) is 5.91 Å². The molecule has 0 aliphatic heterocycles. The lowest BCUT2D eigenvalue weighted by Gasteiger charge is -2.07. The summed E-state index contributed by atoms with van der Waals surface area (Å²) in [5.41, 5.74) is 4.37. The minimum atomic E-state index is -0.102. The Morgan fingerprint density at radius 3 is 2.70 bits per heavy atom. The normalized spacial score (nSPS) is 10.7. The Bertz CT molecular complexity index is 893. The Morgan fingerprint density at radius 2 is 1.91 bits per heavy atom. The largest absolute Gasteiger partial charge is 0.361 e. The zero-order chi connectivity index (χ0) is 16.4. The van der Waals surface area contributed by atoms with Crippen LogP contribution in [0.4, 0.5) is 5.69 Å². The topological polar surface area (TPSA) is 62.0 Å². The number of aromatic nitrogens is 1. The van der Waals surface area contributed by atoms with Crippen molar-refractivity contribution < 1.29 is 9.59 Å². The van der Waals surface area contributed by atoms with Gasteiger partial charge in [-0.15, -0.1) is 0 Å². The first-order valence-corrected chi connectivity index (χ1v) is 7.51. The molecule has 0 spiro atoms. The summed E-state index contributed by atoms with van der Waals surface area (Å²) in [6.07, 6.45) is 2.17. The maximum absolute atomic E-state index is 12.3. The van der Waals surface area contributed by atoms with Crippen LogP contribution in [0.5, 0.6) is 0 Å². The lowest BCUT2D eigenvalue weighted by atomic mass is 10.1. The number of carbonyl (C=O) groups excluding carboxylic acids is 2. The van der Waals surface area contributed by atoms with Gasteiger partial charge >= 0.3 is 0 Å². The monoisotopic (exact) mass is 306 g/mol. The van der Waals surface area contributed by atoms with Gasteiger partial charge in [0.1, 0.15) is 0 Å². The summed E-state index contributed by atoms with van der Waals surface area (Å²) < 4.78 is 0. The smallest absolute Gasteiger partial charge is 0.228 e. The minimum Gasteiger partial charge on any atom is -0.361 e. The first-order valence-electron chi connectivity index (χ1n) is 7.51. The van der Waals surface area contributed by atoms with Crippen LogP contribution in [-0.2, 0) is 11.2 Å². The zero-order valence-electron chi connectivity index (χ0n) is 13.1. The van der Waals surface area contributed by atoms with Gasteiger partial charge in [-0.05, 0) is 43.2 Å². The molecule has 0 saturated heterocycles. The number of carbonyl (C=O) groups is 2. The average Bonchev–Trinajstić information content (AvgIpc) is 2.91. The molecule has 0 unspecified atom stereocenters. The average molecular weight is 306 g/mol. The van der Waals surface area contributed by atoms with Gasteiger partial charge in [-0.1, -0.05) is 24.3 Å². The predicted molar refractivity (Wildman–Crippen MR) is 91.8 cm³/mol. The summed E-state index contributed by atoms with van der Waals surface area (Å²) in [5, 5.41) is 3.95. The third kappa shape index (κ3) is 3.16. The van der Waals surface area contributed by atoms with Crippen LogP contribution in [0.25, 0.3) is 10.9 Å². The predicted octanol–water partition coefficient (Wildman–Crippen LogP) is 3.86. The molecule has 23 heavy (non-hydrogen) atoms. The number of benzene rings is 2. The molecular weight excluding hydrogens is 288 g/mol. The van der Waals surface area contributed by atoms with Gasteiger partial charge in [-0.2, -0.15) is 0 Å². The molecule has 0 radical (unpaired) electrons. The number of hydrogen-bond donors (Lipinski definition) is 2. The highest BCUT2D eigenvalue weighted by atomic mass is 16.1. The second-order valence-electron chi connectivity index (χ2n) is 5.67. The van der Waals surface area contributed by atoms with Crippen molar-refractivity contribution in [1.29, 1.82) is 0 Å². The van der Waals surface area contributed by atoms with Gasteiger partial charge in [-0.25, -0.2) is 0 Å². The van der Waals surface area contributed by atoms with Crippen LogP contribution in [0.3, 0.4) is 0 Å². The van der Waals surface area contributed by atoms with E-state index in [2.05, 4.69) is 10.3 Å². The highest BCUT2D eigenvalue weighted by molar-refractivity contribution is 5.99. The van der Waals surface area contributed by atoms with Crippen molar-refractivity contribution in [3.8, 4) is 0 Å². The minimum absolute atomic E-state index is 0.0200. The molecule has 3 aromatic rings. The van der Waals surface area contributed by atoms with Gasteiger partial charge in [0, 0.05) is 28.4 Å². The van der Waals surface area contributed by atoms with Crippen molar-refractivity contribution in [2.45, 2.75) is 20.3 Å². The molecule has 1 aromatic heterocycles. The van der Waals surface area contributed by atoms with Crippen molar-refractivity contribution in [2.24, 2.45) is 0 Å². The maximum atomic E-state index is 12.3. The highest BCUT2D eigenvalue weighted by Crippen LogP contribution is 2.23. The molecule has 2 aromatic carbocycles. The molecule has 0 fully saturated rings. The molecule has 2 N–H and O–H groups in total. The Morgan fingerprint density at radius 1 is 1.13 bits per heavy atom. The molecule has 4 nitrogen and oxygen atoms in total. The zero-order valence-corrected chi connectivity index (χ0v) is 13.1. The van der Waals surface area contributed by atoms with Gasteiger partial charge in [0.15, 0.2) is 5.78 Å². The number of hydrogen-bond acceptors (Lipinski definition) is 2. The van der Waals surface area contributed by atoms with Crippen LogP contribution in [0, 0.1) is 6.92 Å². The fourth-order valence-corrected chi connectivity index (χ4v) is 2.78. The third-order valence-electron chi connectivity index (χ3n) is 3.90. The van der Waals surface area contributed by atoms with Gasteiger partial charge < -0.3 is 10.3 Å². The summed E-state index contributed by atoms with van der Waals surface area (Å²) in [4.78, 5) is 26.9. The Hall–Kier alpha value is -2.88. The number of anilines is 1.